The minimum absolute atomic E-state index is 0.184. The first-order valence-electron chi connectivity index (χ1n) is 18.6. The van der Waals surface area contributed by atoms with Crippen LogP contribution in [0.1, 0.15) is 82.6 Å². The third kappa shape index (κ3) is 15.2. The molecule has 8 heteroatoms. The predicted molar refractivity (Wildman–Crippen MR) is 219 cm³/mol. The van der Waals surface area contributed by atoms with E-state index in [0.29, 0.717) is 12.0 Å². The molecule has 0 aromatic rings. The summed E-state index contributed by atoms with van der Waals surface area (Å²) in [5.74, 6) is -0.184. The second kappa shape index (κ2) is 21.4. The van der Waals surface area contributed by atoms with E-state index in [1.165, 1.54) is 0 Å². The van der Waals surface area contributed by atoms with Gasteiger partial charge in [-0.25, -0.2) is 0 Å². The van der Waals surface area contributed by atoms with E-state index in [9.17, 15) is 30.3 Å². The lowest BCUT2D eigenvalue weighted by Crippen LogP contribution is -2.58. The summed E-state index contributed by atoms with van der Waals surface area (Å²) in [5, 5.41) is 51.1. The highest BCUT2D eigenvalue weighted by Crippen LogP contribution is 2.39. The van der Waals surface area contributed by atoms with E-state index < -0.39 is 48.5 Å². The molecule has 0 aromatic carbocycles. The van der Waals surface area contributed by atoms with Crippen molar-refractivity contribution in [2.45, 2.75) is 131 Å². The van der Waals surface area contributed by atoms with Gasteiger partial charge in [0.2, 0.25) is 0 Å². The largest absolute Gasteiger partial charge is 0.388 e. The lowest BCUT2D eigenvalue weighted by Gasteiger charge is -2.41. The average Bonchev–Trinajstić information content (AvgIpc) is 3.07. The average molecular weight is 745 g/mol. The van der Waals surface area contributed by atoms with Crippen LogP contribution in [0.3, 0.4) is 0 Å². The summed E-state index contributed by atoms with van der Waals surface area (Å²) in [5.41, 5.74) is 5.28. The van der Waals surface area contributed by atoms with Crippen molar-refractivity contribution in [2.75, 3.05) is 0 Å². The number of aliphatic hydroxyl groups excluding tert-OH is 4. The topological polar surface area (TPSA) is 137 Å². The van der Waals surface area contributed by atoms with Crippen LogP contribution in [0, 0.1) is 5.41 Å². The molecule has 8 nitrogen and oxygen atoms in total. The van der Waals surface area contributed by atoms with E-state index in [1.807, 2.05) is 126 Å². The molecule has 0 spiro atoms. The van der Waals surface area contributed by atoms with E-state index in [0.717, 1.165) is 33.4 Å². The highest BCUT2D eigenvalue weighted by Gasteiger charge is 2.44. The molecule has 2 rings (SSSR count). The van der Waals surface area contributed by atoms with Crippen LogP contribution in [0.15, 0.2) is 142 Å². The number of hydrogen-bond donors (Lipinski definition) is 5. The van der Waals surface area contributed by atoms with Crippen LogP contribution in [-0.2, 0) is 14.3 Å². The minimum atomic E-state index is -1.46. The molecule has 1 fully saturated rings. The van der Waals surface area contributed by atoms with Crippen molar-refractivity contribution >= 4 is 5.78 Å². The van der Waals surface area contributed by atoms with Crippen LogP contribution in [0.5, 0.6) is 0 Å². The SMILES string of the molecule is CC1=C(/C=C/C(C)=C/C=C/C(C)=C/C=C/C=C(C)/C=C/C=C(C)/C=C/C=C(C)/C=C/[C@H](O[C@@H]2O[C@@H](C)[C@@H](O)[C@@H](O)[C@@H]2O)C(C)(C)O)C(C)(C)C[C@H](O)C1=O. The summed E-state index contributed by atoms with van der Waals surface area (Å²) in [7, 11) is 0. The quantitative estimate of drug-likeness (QED) is 0.108. The fourth-order valence-electron chi connectivity index (χ4n) is 5.85. The van der Waals surface area contributed by atoms with Gasteiger partial charge in [-0.05, 0) is 85.3 Å². The molecule has 54 heavy (non-hydrogen) atoms. The molecule has 296 valence electrons. The second-order valence-electron chi connectivity index (χ2n) is 15.6. The molecule has 0 aromatic heterocycles. The summed E-state index contributed by atoms with van der Waals surface area (Å²) >= 11 is 0. The molecule has 0 bridgehead atoms. The first-order valence-corrected chi connectivity index (χ1v) is 18.6. The van der Waals surface area contributed by atoms with Gasteiger partial charge in [0.1, 0.15) is 30.5 Å². The predicted octanol–water partition coefficient (Wildman–Crippen LogP) is 7.72. The Labute approximate surface area is 323 Å². The van der Waals surface area contributed by atoms with E-state index >= 15 is 0 Å². The van der Waals surface area contributed by atoms with Crippen LogP contribution >= 0.6 is 0 Å². The maximum Gasteiger partial charge on any atom is 0.187 e. The van der Waals surface area contributed by atoms with Crippen molar-refractivity contribution in [3.05, 3.63) is 142 Å². The Morgan fingerprint density at radius 2 is 1.19 bits per heavy atom. The molecule has 7 atom stereocenters. The number of carbonyl (C=O) groups is 1. The van der Waals surface area contributed by atoms with E-state index in [4.69, 9.17) is 9.47 Å². The van der Waals surface area contributed by atoms with Crippen molar-refractivity contribution in [3.63, 3.8) is 0 Å². The van der Waals surface area contributed by atoms with Gasteiger partial charge >= 0.3 is 0 Å². The van der Waals surface area contributed by atoms with Gasteiger partial charge < -0.3 is 35.0 Å². The number of hydrogen-bond acceptors (Lipinski definition) is 8. The molecular formula is C46H64O8. The van der Waals surface area contributed by atoms with Gasteiger partial charge in [-0.15, -0.1) is 0 Å². The van der Waals surface area contributed by atoms with Crippen molar-refractivity contribution in [2.24, 2.45) is 5.41 Å². The molecular weight excluding hydrogens is 680 g/mol. The lowest BCUT2D eigenvalue weighted by molar-refractivity contribution is -0.309. The summed E-state index contributed by atoms with van der Waals surface area (Å²) in [6, 6.07) is 0. The maximum absolute atomic E-state index is 12.3. The molecule has 1 aliphatic carbocycles. The third-order valence-corrected chi connectivity index (χ3v) is 9.33. The number of aliphatic hydroxyl groups is 5. The summed E-state index contributed by atoms with van der Waals surface area (Å²) in [4.78, 5) is 12.3. The minimum Gasteiger partial charge on any atom is -0.388 e. The van der Waals surface area contributed by atoms with Gasteiger partial charge in [0.25, 0.3) is 0 Å². The van der Waals surface area contributed by atoms with Crippen molar-refractivity contribution in [1.29, 1.82) is 0 Å². The zero-order chi connectivity index (χ0) is 40.8. The maximum atomic E-state index is 12.3. The number of Topliss-reactive ketones (excluding diaryl/α,β-unsaturated/α-hetero) is 1. The Bertz CT molecular complexity index is 1660. The Hall–Kier alpha value is -3.73. The molecule has 0 radical (unpaired) electrons. The Morgan fingerprint density at radius 3 is 1.67 bits per heavy atom. The molecule has 2 aliphatic rings. The molecule has 0 saturated carbocycles. The van der Waals surface area contributed by atoms with Crippen molar-refractivity contribution in [3.8, 4) is 0 Å². The summed E-state index contributed by atoms with van der Waals surface area (Å²) in [6.45, 7) is 20.7. The monoisotopic (exact) mass is 744 g/mol. The summed E-state index contributed by atoms with van der Waals surface area (Å²) in [6.07, 6.45) is 26.2. The van der Waals surface area contributed by atoms with Crippen molar-refractivity contribution in [1.82, 2.24) is 0 Å². The summed E-state index contributed by atoms with van der Waals surface area (Å²) < 4.78 is 11.4. The molecule has 1 saturated heterocycles. The van der Waals surface area contributed by atoms with E-state index in [-0.39, 0.29) is 11.2 Å². The van der Waals surface area contributed by atoms with Crippen LogP contribution in [0.2, 0.25) is 0 Å². The van der Waals surface area contributed by atoms with E-state index in [1.54, 1.807) is 39.8 Å². The zero-order valence-electron chi connectivity index (χ0n) is 34.0. The van der Waals surface area contributed by atoms with Crippen LogP contribution in [-0.4, -0.2) is 79.8 Å². The Morgan fingerprint density at radius 1 is 0.741 bits per heavy atom. The molecule has 0 amide bonds. The molecule has 5 N–H and O–H groups in total. The smallest absolute Gasteiger partial charge is 0.187 e. The standard InChI is InChI=1S/C46H64O8/c1-30(17-12-13-18-31(2)20-15-23-33(4)25-27-37-35(6)40(48)38(47)29-45(37,8)9)19-14-21-32(3)22-16-24-34(5)26-28-39(46(10,11)52)54-44-43(51)42(50)41(49)36(7)53-44/h12-28,36,38-39,41-44,47,49-52H,29H2,1-11H3/b13-12+,19-14+,20-15+,22-16+,27-25+,28-26+,30-17+,31-18+,32-21+,33-23+,34-24+/t36-,38-,39-,41+,42+,43-,44-/m0/s1. The van der Waals surface area contributed by atoms with Crippen LogP contribution < -0.4 is 0 Å². The fraction of sp³-hybridized carbons (Fsp3) is 0.457. The number of ether oxygens (including phenoxy) is 2. The zero-order valence-corrected chi connectivity index (χ0v) is 34.0. The number of ketones is 1. The Kier molecular flexibility index (Phi) is 18.4. The normalized spacial score (nSPS) is 28.1. The third-order valence-electron chi connectivity index (χ3n) is 9.33. The van der Waals surface area contributed by atoms with Crippen molar-refractivity contribution < 1.29 is 39.8 Å². The second-order valence-corrected chi connectivity index (χ2v) is 15.6. The number of allylic oxidation sites excluding steroid dienone is 22. The lowest BCUT2D eigenvalue weighted by atomic mass is 9.71. The van der Waals surface area contributed by atoms with Gasteiger partial charge in [0.05, 0.1) is 11.7 Å². The van der Waals surface area contributed by atoms with Gasteiger partial charge in [-0.1, -0.05) is 145 Å². The van der Waals surface area contributed by atoms with Gasteiger partial charge in [-0.2, -0.15) is 0 Å². The molecule has 0 unspecified atom stereocenters. The Balaban J connectivity index is 1.91. The molecule has 1 heterocycles. The first-order chi connectivity index (χ1) is 25.1. The number of rotatable bonds is 15. The van der Waals surface area contributed by atoms with Crippen LogP contribution in [0.4, 0.5) is 0 Å². The number of carbonyl (C=O) groups excluding carboxylic acids is 1. The van der Waals surface area contributed by atoms with E-state index in [2.05, 4.69) is 13.8 Å². The van der Waals surface area contributed by atoms with Gasteiger partial charge in [0, 0.05) is 0 Å². The van der Waals surface area contributed by atoms with Crippen LogP contribution in [0.25, 0.3) is 0 Å². The van der Waals surface area contributed by atoms with Gasteiger partial charge in [0.15, 0.2) is 12.1 Å². The highest BCUT2D eigenvalue weighted by atomic mass is 16.7. The van der Waals surface area contributed by atoms with Gasteiger partial charge in [-0.3, -0.25) is 4.79 Å². The highest BCUT2D eigenvalue weighted by molar-refractivity contribution is 6.00. The first kappa shape index (κ1) is 46.4. The molecule has 1 aliphatic heterocycles. The fourth-order valence-corrected chi connectivity index (χ4v) is 5.85.